The zero-order valence-corrected chi connectivity index (χ0v) is 9.97. The number of pyridine rings is 1. The van der Waals surface area contributed by atoms with Crippen LogP contribution in [0, 0.1) is 0 Å². The van der Waals surface area contributed by atoms with E-state index in [-0.39, 0.29) is 0 Å². The van der Waals surface area contributed by atoms with Gasteiger partial charge >= 0.3 is 0 Å². The van der Waals surface area contributed by atoms with Crippen LogP contribution in [0.1, 0.15) is 0 Å². The molecule has 0 saturated heterocycles. The van der Waals surface area contributed by atoms with Crippen LogP contribution in [0.4, 0.5) is 0 Å². The monoisotopic (exact) mass is 257 g/mol. The molecule has 19 heavy (non-hydrogen) atoms. The molecule has 0 radical (unpaired) electrons. The molecule has 0 saturated carbocycles. The number of aromatic nitrogens is 6. The Hall–Kier alpha value is -2.61. The molecule has 0 aliphatic carbocycles. The van der Waals surface area contributed by atoms with Gasteiger partial charge in [-0.2, -0.15) is 4.98 Å². The Bertz CT molecular complexity index is 661. The van der Waals surface area contributed by atoms with Crippen LogP contribution in [0.5, 0.6) is 0 Å². The third kappa shape index (κ3) is 2.33. The summed E-state index contributed by atoms with van der Waals surface area (Å²) in [6.45, 7) is 1.09. The van der Waals surface area contributed by atoms with Gasteiger partial charge in [0.2, 0.25) is 5.82 Å². The lowest BCUT2D eigenvalue weighted by Crippen LogP contribution is -2.10. The molecule has 8 heteroatoms. The standard InChI is InChI=1S/C11H11N7O/c12-3-6-18-7-9(15-17-18)11-14-10(16-19-11)8-1-4-13-5-2-8/h1-2,4-5,7H,3,6,12H2. The minimum absolute atomic E-state index is 0.329. The number of hydrogen-bond acceptors (Lipinski definition) is 7. The van der Waals surface area contributed by atoms with E-state index in [2.05, 4.69) is 25.4 Å². The highest BCUT2D eigenvalue weighted by molar-refractivity contribution is 5.56. The Morgan fingerprint density at radius 2 is 2.11 bits per heavy atom. The maximum absolute atomic E-state index is 5.44. The smallest absolute Gasteiger partial charge is 0.280 e. The molecule has 0 amide bonds. The molecule has 0 aliphatic rings. The van der Waals surface area contributed by atoms with E-state index in [0.717, 1.165) is 5.56 Å². The van der Waals surface area contributed by atoms with Crippen molar-refractivity contribution in [1.82, 2.24) is 30.1 Å². The van der Waals surface area contributed by atoms with Crippen molar-refractivity contribution in [2.24, 2.45) is 5.73 Å². The van der Waals surface area contributed by atoms with Crippen LogP contribution in [-0.4, -0.2) is 36.7 Å². The van der Waals surface area contributed by atoms with Crippen molar-refractivity contribution in [3.63, 3.8) is 0 Å². The van der Waals surface area contributed by atoms with E-state index < -0.39 is 0 Å². The summed E-state index contributed by atoms with van der Waals surface area (Å²) in [4.78, 5) is 8.21. The van der Waals surface area contributed by atoms with Crippen LogP contribution in [0.25, 0.3) is 23.0 Å². The number of nitrogens with two attached hydrogens (primary N) is 1. The molecule has 0 atom stereocenters. The van der Waals surface area contributed by atoms with Gasteiger partial charge in [-0.25, -0.2) is 0 Å². The summed E-state index contributed by atoms with van der Waals surface area (Å²) in [7, 11) is 0. The molecule has 0 bridgehead atoms. The lowest BCUT2D eigenvalue weighted by atomic mass is 10.2. The molecule has 3 aromatic heterocycles. The minimum Gasteiger partial charge on any atom is -0.332 e. The first-order valence-electron chi connectivity index (χ1n) is 5.71. The molecule has 0 aliphatic heterocycles. The first-order valence-corrected chi connectivity index (χ1v) is 5.71. The van der Waals surface area contributed by atoms with Gasteiger partial charge in [-0.15, -0.1) is 5.10 Å². The molecular weight excluding hydrogens is 246 g/mol. The van der Waals surface area contributed by atoms with Crippen molar-refractivity contribution in [2.75, 3.05) is 6.54 Å². The van der Waals surface area contributed by atoms with Crippen LogP contribution >= 0.6 is 0 Å². The topological polar surface area (TPSA) is 109 Å². The van der Waals surface area contributed by atoms with Crippen molar-refractivity contribution in [3.05, 3.63) is 30.7 Å². The van der Waals surface area contributed by atoms with Crippen LogP contribution < -0.4 is 5.73 Å². The van der Waals surface area contributed by atoms with Crippen molar-refractivity contribution in [2.45, 2.75) is 6.54 Å². The van der Waals surface area contributed by atoms with Crippen LogP contribution in [0.15, 0.2) is 35.2 Å². The predicted molar refractivity (Wildman–Crippen MR) is 65.6 cm³/mol. The van der Waals surface area contributed by atoms with E-state index in [1.165, 1.54) is 0 Å². The molecule has 0 spiro atoms. The summed E-state index contributed by atoms with van der Waals surface area (Å²) in [5.41, 5.74) is 6.80. The summed E-state index contributed by atoms with van der Waals surface area (Å²) in [5, 5.41) is 11.8. The Morgan fingerprint density at radius 3 is 2.89 bits per heavy atom. The lowest BCUT2D eigenvalue weighted by Gasteiger charge is -1.91. The highest BCUT2D eigenvalue weighted by atomic mass is 16.5. The highest BCUT2D eigenvalue weighted by Crippen LogP contribution is 2.19. The first-order chi connectivity index (χ1) is 9.36. The van der Waals surface area contributed by atoms with Crippen LogP contribution in [0.3, 0.4) is 0 Å². The van der Waals surface area contributed by atoms with Crippen LogP contribution in [0.2, 0.25) is 0 Å². The fourth-order valence-electron chi connectivity index (χ4n) is 1.58. The summed E-state index contributed by atoms with van der Waals surface area (Å²) >= 11 is 0. The summed E-state index contributed by atoms with van der Waals surface area (Å²) < 4.78 is 6.80. The normalized spacial score (nSPS) is 10.8. The fraction of sp³-hybridized carbons (Fsp3) is 0.182. The molecule has 2 N–H and O–H groups in total. The fourth-order valence-corrected chi connectivity index (χ4v) is 1.58. The molecule has 96 valence electrons. The number of nitrogens with zero attached hydrogens (tertiary/aromatic N) is 6. The zero-order valence-electron chi connectivity index (χ0n) is 9.97. The Morgan fingerprint density at radius 1 is 1.26 bits per heavy atom. The summed E-state index contributed by atoms with van der Waals surface area (Å²) in [6.07, 6.45) is 5.06. The highest BCUT2D eigenvalue weighted by Gasteiger charge is 2.13. The van der Waals surface area contributed by atoms with Gasteiger partial charge in [0.05, 0.1) is 12.7 Å². The SMILES string of the molecule is NCCn1cc(-c2nc(-c3ccncc3)no2)nn1. The van der Waals surface area contributed by atoms with E-state index >= 15 is 0 Å². The third-order valence-corrected chi connectivity index (χ3v) is 2.48. The molecule has 8 nitrogen and oxygen atoms in total. The summed E-state index contributed by atoms with van der Waals surface area (Å²) in [6, 6.07) is 3.61. The quantitative estimate of drug-likeness (QED) is 0.718. The Balaban J connectivity index is 1.88. The molecule has 3 aromatic rings. The molecule has 0 fully saturated rings. The Labute approximate surface area is 108 Å². The Kier molecular flexibility index (Phi) is 2.99. The van der Waals surface area contributed by atoms with E-state index in [0.29, 0.717) is 30.5 Å². The van der Waals surface area contributed by atoms with Gasteiger partial charge in [-0.05, 0) is 12.1 Å². The van der Waals surface area contributed by atoms with Gasteiger partial charge in [0, 0.05) is 24.5 Å². The van der Waals surface area contributed by atoms with Gasteiger partial charge in [-0.1, -0.05) is 10.4 Å². The average molecular weight is 257 g/mol. The zero-order chi connectivity index (χ0) is 13.1. The molecule has 0 unspecified atom stereocenters. The number of hydrogen-bond donors (Lipinski definition) is 1. The minimum atomic E-state index is 0.329. The molecular formula is C11H11N7O. The van der Waals surface area contributed by atoms with Crippen LogP contribution in [-0.2, 0) is 6.54 Å². The van der Waals surface area contributed by atoms with Gasteiger partial charge in [0.15, 0.2) is 5.69 Å². The second-order valence-electron chi connectivity index (χ2n) is 3.81. The predicted octanol–water partition coefficient (Wildman–Crippen LogP) is 0.349. The van der Waals surface area contributed by atoms with Gasteiger partial charge < -0.3 is 10.3 Å². The van der Waals surface area contributed by atoms with Crippen molar-refractivity contribution < 1.29 is 4.52 Å². The average Bonchev–Trinajstić information content (AvgIpc) is 3.08. The maximum Gasteiger partial charge on any atom is 0.280 e. The largest absolute Gasteiger partial charge is 0.332 e. The molecule has 3 rings (SSSR count). The van der Waals surface area contributed by atoms with Gasteiger partial charge in [0.25, 0.3) is 5.89 Å². The molecule has 0 aromatic carbocycles. The second kappa shape index (κ2) is 4.94. The van der Waals surface area contributed by atoms with Gasteiger partial charge in [-0.3, -0.25) is 9.67 Å². The lowest BCUT2D eigenvalue weighted by molar-refractivity contribution is 0.431. The van der Waals surface area contributed by atoms with Gasteiger partial charge in [0.1, 0.15) is 0 Å². The van der Waals surface area contributed by atoms with E-state index in [4.69, 9.17) is 10.3 Å². The van der Waals surface area contributed by atoms with Crippen molar-refractivity contribution in [3.8, 4) is 23.0 Å². The summed E-state index contributed by atoms with van der Waals surface area (Å²) in [5.74, 6) is 0.820. The van der Waals surface area contributed by atoms with E-state index in [1.54, 1.807) is 35.4 Å². The third-order valence-electron chi connectivity index (χ3n) is 2.48. The maximum atomic E-state index is 5.44. The first kappa shape index (κ1) is 11.5. The van der Waals surface area contributed by atoms with Crippen molar-refractivity contribution >= 4 is 0 Å². The molecule has 3 heterocycles. The van der Waals surface area contributed by atoms with Crippen molar-refractivity contribution in [1.29, 1.82) is 0 Å². The number of rotatable bonds is 4. The second-order valence-corrected chi connectivity index (χ2v) is 3.81. The van der Waals surface area contributed by atoms with E-state index in [9.17, 15) is 0 Å². The van der Waals surface area contributed by atoms with E-state index in [1.807, 2.05) is 0 Å².